The van der Waals surface area contributed by atoms with Gasteiger partial charge in [-0.1, -0.05) is 42.1 Å². The third-order valence-corrected chi connectivity index (χ3v) is 6.05. The average Bonchev–Trinajstić information content (AvgIpc) is 3.22. The van der Waals surface area contributed by atoms with Crippen LogP contribution < -0.4 is 5.56 Å². The number of fused-ring (bicyclic) bond motifs is 1. The van der Waals surface area contributed by atoms with Crippen molar-refractivity contribution in [3.63, 3.8) is 0 Å². The monoisotopic (exact) mass is 389 g/mol. The number of thiophene rings is 1. The summed E-state index contributed by atoms with van der Waals surface area (Å²) in [7, 11) is 0. The molecule has 0 radical (unpaired) electrons. The lowest BCUT2D eigenvalue weighted by Crippen LogP contribution is -2.23. The molecule has 0 aliphatic heterocycles. The number of rotatable bonds is 5. The summed E-state index contributed by atoms with van der Waals surface area (Å²) in [6.45, 7) is 0.509. The topological polar surface area (TPSA) is 58.7 Å². The van der Waals surface area contributed by atoms with Gasteiger partial charge >= 0.3 is 0 Å². The van der Waals surface area contributed by atoms with E-state index in [2.05, 4.69) is 6.07 Å². The lowest BCUT2D eigenvalue weighted by Gasteiger charge is -2.12. The average molecular weight is 390 g/mol. The summed E-state index contributed by atoms with van der Waals surface area (Å²) < 4.78 is 1.74. The zero-order chi connectivity index (χ0) is 18.6. The molecule has 6 heteroatoms. The van der Waals surface area contributed by atoms with E-state index >= 15 is 0 Å². The summed E-state index contributed by atoms with van der Waals surface area (Å²) >= 11 is 3.14. The molecule has 4 rings (SSSR count). The molecule has 2 heterocycles. The molecule has 132 valence electrons. The smallest absolute Gasteiger partial charge is 0.262 e. The van der Waals surface area contributed by atoms with E-state index in [1.165, 1.54) is 11.8 Å². The molecule has 0 amide bonds. The SMILES string of the molecule is N#Cc1cccc(CSc2nc3ccccc3c(=O)n2Cc2cccs2)c1. The van der Waals surface area contributed by atoms with E-state index in [1.807, 2.05) is 60.0 Å². The second kappa shape index (κ2) is 7.78. The van der Waals surface area contributed by atoms with E-state index in [9.17, 15) is 4.79 Å². The fourth-order valence-corrected chi connectivity index (χ4v) is 4.47. The summed E-state index contributed by atoms with van der Waals surface area (Å²) in [5, 5.41) is 12.4. The van der Waals surface area contributed by atoms with Gasteiger partial charge in [0.25, 0.3) is 5.56 Å². The van der Waals surface area contributed by atoms with Gasteiger partial charge in [0.05, 0.1) is 29.1 Å². The van der Waals surface area contributed by atoms with Crippen LogP contribution in [0.4, 0.5) is 0 Å². The standard InChI is InChI=1S/C21H15N3OS2/c22-12-15-5-3-6-16(11-15)14-27-21-23-19-9-2-1-8-18(19)20(25)24(21)13-17-7-4-10-26-17/h1-11H,13-14H2. The van der Waals surface area contributed by atoms with E-state index < -0.39 is 0 Å². The number of hydrogen-bond acceptors (Lipinski definition) is 5. The molecule has 0 atom stereocenters. The number of para-hydroxylation sites is 1. The molecule has 0 aliphatic rings. The fraction of sp³-hybridized carbons (Fsp3) is 0.0952. The minimum atomic E-state index is -0.0257. The van der Waals surface area contributed by atoms with E-state index in [0.717, 1.165) is 10.4 Å². The van der Waals surface area contributed by atoms with Crippen LogP contribution in [0.3, 0.4) is 0 Å². The van der Waals surface area contributed by atoms with Gasteiger partial charge in [0, 0.05) is 10.6 Å². The zero-order valence-corrected chi connectivity index (χ0v) is 16.0. The Morgan fingerprint density at radius 3 is 2.81 bits per heavy atom. The molecule has 2 aromatic heterocycles. The van der Waals surface area contributed by atoms with Crippen molar-refractivity contribution in [2.24, 2.45) is 0 Å². The maximum absolute atomic E-state index is 13.1. The van der Waals surface area contributed by atoms with Crippen LogP contribution in [-0.2, 0) is 12.3 Å². The molecule has 0 spiro atoms. The van der Waals surface area contributed by atoms with Gasteiger partial charge < -0.3 is 0 Å². The Labute approximate surface area is 164 Å². The first-order valence-electron chi connectivity index (χ1n) is 8.38. The van der Waals surface area contributed by atoms with Gasteiger partial charge in [0.1, 0.15) is 0 Å². The number of nitriles is 1. The highest BCUT2D eigenvalue weighted by Crippen LogP contribution is 2.24. The minimum absolute atomic E-state index is 0.0257. The normalized spacial score (nSPS) is 10.8. The van der Waals surface area contributed by atoms with Crippen LogP contribution in [0.5, 0.6) is 0 Å². The molecule has 0 saturated heterocycles. The number of thioether (sulfide) groups is 1. The molecular weight excluding hydrogens is 374 g/mol. The first-order chi connectivity index (χ1) is 13.2. The van der Waals surface area contributed by atoms with E-state index in [4.69, 9.17) is 10.2 Å². The molecule has 0 bridgehead atoms. The minimum Gasteiger partial charge on any atom is -0.282 e. The van der Waals surface area contributed by atoms with Gasteiger partial charge in [0.2, 0.25) is 0 Å². The Hall–Kier alpha value is -2.88. The van der Waals surface area contributed by atoms with Crippen molar-refractivity contribution < 1.29 is 0 Å². The van der Waals surface area contributed by atoms with Gasteiger partial charge in [-0.05, 0) is 41.3 Å². The first-order valence-corrected chi connectivity index (χ1v) is 10.2. The Kier molecular flexibility index (Phi) is 5.05. The van der Waals surface area contributed by atoms with Crippen LogP contribution in [0, 0.1) is 11.3 Å². The maximum atomic E-state index is 13.1. The Morgan fingerprint density at radius 2 is 2.00 bits per heavy atom. The molecule has 2 aromatic carbocycles. The van der Waals surface area contributed by atoms with Crippen molar-refractivity contribution in [2.75, 3.05) is 0 Å². The zero-order valence-electron chi connectivity index (χ0n) is 14.3. The van der Waals surface area contributed by atoms with Crippen molar-refractivity contribution in [1.29, 1.82) is 5.26 Å². The van der Waals surface area contributed by atoms with Crippen molar-refractivity contribution in [2.45, 2.75) is 17.5 Å². The lowest BCUT2D eigenvalue weighted by atomic mass is 10.2. The van der Waals surface area contributed by atoms with Gasteiger partial charge in [-0.3, -0.25) is 9.36 Å². The summed E-state index contributed by atoms with van der Waals surface area (Å²) in [5.74, 6) is 0.644. The fourth-order valence-electron chi connectivity index (χ4n) is 2.83. The van der Waals surface area contributed by atoms with Gasteiger partial charge in [-0.2, -0.15) is 5.26 Å². The summed E-state index contributed by atoms with van der Waals surface area (Å²) in [4.78, 5) is 18.9. The third kappa shape index (κ3) is 3.80. The van der Waals surface area contributed by atoms with E-state index in [-0.39, 0.29) is 5.56 Å². The second-order valence-corrected chi connectivity index (χ2v) is 7.96. The van der Waals surface area contributed by atoms with Gasteiger partial charge in [-0.15, -0.1) is 11.3 Å². The highest BCUT2D eigenvalue weighted by atomic mass is 32.2. The van der Waals surface area contributed by atoms with Crippen LogP contribution in [0.1, 0.15) is 16.0 Å². The number of aromatic nitrogens is 2. The summed E-state index contributed by atoms with van der Waals surface area (Å²) in [6.07, 6.45) is 0. The molecule has 0 fully saturated rings. The van der Waals surface area contributed by atoms with Crippen molar-refractivity contribution in [1.82, 2.24) is 9.55 Å². The van der Waals surface area contributed by atoms with Crippen LogP contribution in [0.25, 0.3) is 10.9 Å². The Bertz CT molecular complexity index is 1190. The van der Waals surface area contributed by atoms with Crippen LogP contribution in [-0.4, -0.2) is 9.55 Å². The van der Waals surface area contributed by atoms with Crippen LogP contribution >= 0.6 is 23.1 Å². The molecule has 0 N–H and O–H groups in total. The van der Waals surface area contributed by atoms with E-state index in [0.29, 0.717) is 33.9 Å². The predicted octanol–water partition coefficient (Wildman–Crippen LogP) is 4.67. The molecule has 0 saturated carbocycles. The molecule has 4 nitrogen and oxygen atoms in total. The van der Waals surface area contributed by atoms with Gasteiger partial charge in [0.15, 0.2) is 5.16 Å². The van der Waals surface area contributed by atoms with Crippen molar-refractivity contribution >= 4 is 34.0 Å². The quantitative estimate of drug-likeness (QED) is 0.368. The number of benzene rings is 2. The van der Waals surface area contributed by atoms with Crippen LogP contribution in [0.15, 0.2) is 76.0 Å². The summed E-state index contributed by atoms with van der Waals surface area (Å²) in [6, 6.07) is 21.1. The lowest BCUT2D eigenvalue weighted by molar-refractivity contribution is 0.664. The first kappa shape index (κ1) is 17.5. The third-order valence-electron chi connectivity index (χ3n) is 4.14. The molecule has 27 heavy (non-hydrogen) atoms. The van der Waals surface area contributed by atoms with Crippen molar-refractivity contribution in [3.8, 4) is 6.07 Å². The summed E-state index contributed by atoms with van der Waals surface area (Å²) in [5.41, 5.74) is 2.35. The predicted molar refractivity (Wildman–Crippen MR) is 110 cm³/mol. The van der Waals surface area contributed by atoms with Crippen LogP contribution in [0.2, 0.25) is 0 Å². The van der Waals surface area contributed by atoms with Gasteiger partial charge in [-0.25, -0.2) is 4.98 Å². The van der Waals surface area contributed by atoms with E-state index in [1.54, 1.807) is 22.0 Å². The Balaban J connectivity index is 1.73. The number of hydrogen-bond donors (Lipinski definition) is 0. The highest BCUT2D eigenvalue weighted by molar-refractivity contribution is 7.98. The molecule has 0 unspecified atom stereocenters. The number of nitrogens with zero attached hydrogens (tertiary/aromatic N) is 3. The Morgan fingerprint density at radius 1 is 1.11 bits per heavy atom. The van der Waals surface area contributed by atoms with Crippen molar-refractivity contribution in [3.05, 3.63) is 92.4 Å². The molecule has 0 aliphatic carbocycles. The molecular formula is C21H15N3OS2. The molecule has 4 aromatic rings. The second-order valence-electron chi connectivity index (χ2n) is 5.98. The largest absolute Gasteiger partial charge is 0.282 e. The maximum Gasteiger partial charge on any atom is 0.262 e. The highest BCUT2D eigenvalue weighted by Gasteiger charge is 2.12.